The average Bonchev–Trinajstić information content (AvgIpc) is 2.89. The summed E-state index contributed by atoms with van der Waals surface area (Å²) in [4.78, 5) is 23.2. The zero-order chi connectivity index (χ0) is 26.1. The zero-order valence-corrected chi connectivity index (χ0v) is 20.8. The third-order valence-corrected chi connectivity index (χ3v) is 6.05. The van der Waals surface area contributed by atoms with Crippen molar-refractivity contribution in [3.8, 4) is 17.2 Å². The summed E-state index contributed by atoms with van der Waals surface area (Å²) < 4.78 is 16.5. The van der Waals surface area contributed by atoms with Crippen molar-refractivity contribution in [3.05, 3.63) is 65.7 Å². The SMILES string of the molecule is COc1cc(OC)c(OC)cc1CN1CCN(Cc2ccc3ccccc3c2)CC1.O=C(O)C(=O)O. The topological polar surface area (TPSA) is 109 Å². The van der Waals surface area contributed by atoms with E-state index in [9.17, 15) is 0 Å². The number of fused-ring (bicyclic) bond motifs is 1. The Kier molecular flexibility index (Phi) is 9.49. The van der Waals surface area contributed by atoms with E-state index in [1.165, 1.54) is 16.3 Å². The molecule has 0 amide bonds. The standard InChI is InChI=1S/C25H30N2O3.C2H2O4/c1-28-23-16-25(30-3)24(29-2)15-22(23)18-27-12-10-26(11-13-27)17-19-8-9-20-6-4-5-7-21(20)14-19;3-1(4)2(5)6/h4-9,14-16H,10-13,17-18H2,1-3H3;(H,3,4)(H,5,6). The van der Waals surface area contributed by atoms with E-state index in [2.05, 4.69) is 52.3 Å². The Hall–Kier alpha value is -3.82. The maximum atomic E-state index is 9.10. The number of piperazine rings is 1. The van der Waals surface area contributed by atoms with Gasteiger partial charge >= 0.3 is 11.9 Å². The number of carboxylic acid groups (broad SMARTS) is 2. The Morgan fingerprint density at radius 1 is 0.694 bits per heavy atom. The minimum atomic E-state index is -1.82. The second-order valence-electron chi connectivity index (χ2n) is 8.36. The molecule has 0 radical (unpaired) electrons. The van der Waals surface area contributed by atoms with Crippen molar-refractivity contribution in [2.75, 3.05) is 47.5 Å². The first-order valence-electron chi connectivity index (χ1n) is 11.5. The molecule has 3 aromatic carbocycles. The summed E-state index contributed by atoms with van der Waals surface area (Å²) in [6, 6.07) is 19.3. The second kappa shape index (κ2) is 12.8. The Morgan fingerprint density at radius 3 is 1.78 bits per heavy atom. The van der Waals surface area contributed by atoms with Crippen molar-refractivity contribution < 1.29 is 34.0 Å². The third-order valence-electron chi connectivity index (χ3n) is 6.05. The fourth-order valence-corrected chi connectivity index (χ4v) is 4.16. The number of ether oxygens (including phenoxy) is 3. The molecule has 3 aromatic rings. The van der Waals surface area contributed by atoms with E-state index in [1.54, 1.807) is 21.3 Å². The first-order chi connectivity index (χ1) is 17.3. The number of aliphatic carboxylic acids is 2. The highest BCUT2D eigenvalue weighted by molar-refractivity contribution is 6.27. The number of nitrogens with zero attached hydrogens (tertiary/aromatic N) is 2. The number of benzene rings is 3. The normalized spacial score (nSPS) is 14.0. The van der Waals surface area contributed by atoms with E-state index in [1.807, 2.05) is 12.1 Å². The van der Waals surface area contributed by atoms with E-state index in [0.29, 0.717) is 5.75 Å². The van der Waals surface area contributed by atoms with Crippen LogP contribution in [0.25, 0.3) is 10.8 Å². The van der Waals surface area contributed by atoms with Gasteiger partial charge in [-0.2, -0.15) is 0 Å². The minimum absolute atomic E-state index is 0.693. The number of methoxy groups -OCH3 is 3. The van der Waals surface area contributed by atoms with Gasteiger partial charge in [-0.25, -0.2) is 9.59 Å². The lowest BCUT2D eigenvalue weighted by molar-refractivity contribution is -0.159. The quantitative estimate of drug-likeness (QED) is 0.476. The molecule has 2 N–H and O–H groups in total. The average molecular weight is 497 g/mol. The van der Waals surface area contributed by atoms with Crippen LogP contribution in [-0.2, 0) is 22.7 Å². The van der Waals surface area contributed by atoms with Crippen LogP contribution in [0.3, 0.4) is 0 Å². The summed E-state index contributed by atoms with van der Waals surface area (Å²) in [5, 5.41) is 17.4. The van der Waals surface area contributed by atoms with Gasteiger partial charge in [0.2, 0.25) is 0 Å². The van der Waals surface area contributed by atoms with Gasteiger partial charge in [0.25, 0.3) is 0 Å². The van der Waals surface area contributed by atoms with Crippen LogP contribution in [0.15, 0.2) is 54.6 Å². The van der Waals surface area contributed by atoms with Crippen LogP contribution in [-0.4, -0.2) is 79.5 Å². The number of rotatable bonds is 7. The van der Waals surface area contributed by atoms with Crippen LogP contribution in [0.5, 0.6) is 17.2 Å². The molecule has 4 rings (SSSR count). The molecule has 36 heavy (non-hydrogen) atoms. The molecule has 1 aliphatic heterocycles. The van der Waals surface area contributed by atoms with Crippen LogP contribution >= 0.6 is 0 Å². The molecule has 0 aromatic heterocycles. The van der Waals surface area contributed by atoms with Crippen LogP contribution in [0.2, 0.25) is 0 Å². The van der Waals surface area contributed by atoms with E-state index in [-0.39, 0.29) is 0 Å². The van der Waals surface area contributed by atoms with E-state index < -0.39 is 11.9 Å². The summed E-state index contributed by atoms with van der Waals surface area (Å²) in [7, 11) is 5.01. The van der Waals surface area contributed by atoms with Crippen LogP contribution in [0.1, 0.15) is 11.1 Å². The molecule has 0 saturated carbocycles. The molecule has 1 heterocycles. The Balaban J connectivity index is 0.000000538. The van der Waals surface area contributed by atoms with Gasteiger partial charge in [-0.15, -0.1) is 0 Å². The number of hydrogen-bond donors (Lipinski definition) is 2. The largest absolute Gasteiger partial charge is 0.496 e. The molecule has 0 spiro atoms. The smallest absolute Gasteiger partial charge is 0.414 e. The van der Waals surface area contributed by atoms with Crippen molar-refractivity contribution in [1.82, 2.24) is 9.80 Å². The zero-order valence-electron chi connectivity index (χ0n) is 20.8. The highest BCUT2D eigenvalue weighted by Crippen LogP contribution is 2.35. The third kappa shape index (κ3) is 7.10. The molecule has 1 saturated heterocycles. The second-order valence-corrected chi connectivity index (χ2v) is 8.36. The summed E-state index contributed by atoms with van der Waals surface area (Å²) in [6.45, 7) is 6.02. The Labute approximate surface area is 210 Å². The molecule has 0 unspecified atom stereocenters. The van der Waals surface area contributed by atoms with Gasteiger partial charge in [-0.05, 0) is 28.5 Å². The lowest BCUT2D eigenvalue weighted by atomic mass is 10.1. The van der Waals surface area contributed by atoms with Crippen molar-refractivity contribution in [2.24, 2.45) is 0 Å². The van der Waals surface area contributed by atoms with Crippen LogP contribution in [0, 0.1) is 0 Å². The fraction of sp³-hybridized carbons (Fsp3) is 0.333. The lowest BCUT2D eigenvalue weighted by Crippen LogP contribution is -2.45. The highest BCUT2D eigenvalue weighted by atomic mass is 16.5. The summed E-state index contributed by atoms with van der Waals surface area (Å²) >= 11 is 0. The molecule has 192 valence electrons. The summed E-state index contributed by atoms with van der Waals surface area (Å²) in [6.07, 6.45) is 0. The minimum Gasteiger partial charge on any atom is -0.496 e. The molecule has 1 aliphatic rings. The molecule has 9 heteroatoms. The lowest BCUT2D eigenvalue weighted by Gasteiger charge is -2.35. The van der Waals surface area contributed by atoms with E-state index in [4.69, 9.17) is 34.0 Å². The van der Waals surface area contributed by atoms with Crippen molar-refractivity contribution >= 4 is 22.7 Å². The van der Waals surface area contributed by atoms with E-state index >= 15 is 0 Å². The molecule has 0 bridgehead atoms. The first-order valence-corrected chi connectivity index (χ1v) is 11.5. The van der Waals surface area contributed by atoms with Gasteiger partial charge in [0, 0.05) is 50.9 Å². The molecule has 9 nitrogen and oxygen atoms in total. The summed E-state index contributed by atoms with van der Waals surface area (Å²) in [5.74, 6) is -1.38. The molecule has 0 aliphatic carbocycles. The highest BCUT2D eigenvalue weighted by Gasteiger charge is 2.20. The molecular weight excluding hydrogens is 464 g/mol. The summed E-state index contributed by atoms with van der Waals surface area (Å²) in [5.41, 5.74) is 2.50. The van der Waals surface area contributed by atoms with E-state index in [0.717, 1.165) is 56.3 Å². The molecular formula is C27H32N2O7. The Morgan fingerprint density at radius 2 is 1.22 bits per heavy atom. The van der Waals surface area contributed by atoms with Gasteiger partial charge in [0.15, 0.2) is 11.5 Å². The van der Waals surface area contributed by atoms with Gasteiger partial charge in [0.05, 0.1) is 21.3 Å². The van der Waals surface area contributed by atoms with Crippen molar-refractivity contribution in [2.45, 2.75) is 13.1 Å². The number of carboxylic acids is 2. The van der Waals surface area contributed by atoms with Gasteiger partial charge in [-0.3, -0.25) is 9.80 Å². The monoisotopic (exact) mass is 496 g/mol. The maximum absolute atomic E-state index is 9.10. The number of hydrogen-bond acceptors (Lipinski definition) is 7. The van der Waals surface area contributed by atoms with Gasteiger partial charge in [0.1, 0.15) is 5.75 Å². The van der Waals surface area contributed by atoms with Crippen LogP contribution in [0.4, 0.5) is 0 Å². The van der Waals surface area contributed by atoms with Crippen molar-refractivity contribution in [1.29, 1.82) is 0 Å². The van der Waals surface area contributed by atoms with Gasteiger partial charge in [-0.1, -0.05) is 36.4 Å². The predicted molar refractivity (Wildman–Crippen MR) is 136 cm³/mol. The van der Waals surface area contributed by atoms with Gasteiger partial charge < -0.3 is 24.4 Å². The van der Waals surface area contributed by atoms with Crippen molar-refractivity contribution in [3.63, 3.8) is 0 Å². The Bertz CT molecular complexity index is 1180. The molecule has 0 atom stereocenters. The van der Waals surface area contributed by atoms with Crippen LogP contribution < -0.4 is 14.2 Å². The first kappa shape index (κ1) is 26.8. The number of carbonyl (C=O) groups is 2. The predicted octanol–water partition coefficient (Wildman–Crippen LogP) is 3.34. The molecule has 1 fully saturated rings. The maximum Gasteiger partial charge on any atom is 0.414 e. The fourth-order valence-electron chi connectivity index (χ4n) is 4.16.